The van der Waals surface area contributed by atoms with E-state index >= 15 is 0 Å². The summed E-state index contributed by atoms with van der Waals surface area (Å²) in [5.41, 5.74) is 1.65. The Morgan fingerprint density at radius 1 is 1.14 bits per heavy atom. The fourth-order valence-corrected chi connectivity index (χ4v) is 3.09. The first-order chi connectivity index (χ1) is 10.0. The molecular formula is C16H14BrClO3. The minimum absolute atomic E-state index is 0.417. The molecule has 0 spiro atoms. The summed E-state index contributed by atoms with van der Waals surface area (Å²) in [6.07, 6.45) is 0.804. The number of aldehydes is 1. The van der Waals surface area contributed by atoms with E-state index < -0.39 is 4.83 Å². The second kappa shape index (κ2) is 6.96. The van der Waals surface area contributed by atoms with Crippen molar-refractivity contribution in [2.24, 2.45) is 0 Å². The van der Waals surface area contributed by atoms with Crippen molar-refractivity contribution in [2.45, 2.75) is 11.8 Å². The van der Waals surface area contributed by atoms with Gasteiger partial charge in [-0.3, -0.25) is 0 Å². The predicted octanol–water partition coefficient (Wildman–Crippen LogP) is 5.08. The van der Waals surface area contributed by atoms with Crippen LogP contribution < -0.4 is 9.47 Å². The maximum Gasteiger partial charge on any atom is 0.138 e. The average molecular weight is 370 g/mol. The summed E-state index contributed by atoms with van der Waals surface area (Å²) in [6.45, 7) is 1.89. The molecule has 0 aliphatic carbocycles. The molecule has 0 radical (unpaired) electrons. The molecule has 0 bridgehead atoms. The number of halogens is 2. The van der Waals surface area contributed by atoms with Gasteiger partial charge in [-0.2, -0.15) is 0 Å². The normalized spacial score (nSPS) is 11.8. The summed E-state index contributed by atoms with van der Waals surface area (Å²) in [4.78, 5) is 10.5. The van der Waals surface area contributed by atoms with E-state index in [4.69, 9.17) is 21.1 Å². The Morgan fingerprint density at radius 2 is 1.76 bits per heavy atom. The van der Waals surface area contributed by atoms with Crippen molar-refractivity contribution in [2.75, 3.05) is 7.11 Å². The van der Waals surface area contributed by atoms with Crippen LogP contribution in [0.25, 0.3) is 0 Å². The van der Waals surface area contributed by atoms with Gasteiger partial charge in [0.05, 0.1) is 11.9 Å². The number of methoxy groups -OCH3 is 1. The van der Waals surface area contributed by atoms with Gasteiger partial charge in [0, 0.05) is 5.02 Å². The molecule has 0 saturated carbocycles. The third-order valence-corrected chi connectivity index (χ3v) is 3.99. The van der Waals surface area contributed by atoms with Crippen LogP contribution in [0.1, 0.15) is 16.0 Å². The summed E-state index contributed by atoms with van der Waals surface area (Å²) in [5.74, 6) is 2.07. The van der Waals surface area contributed by atoms with Crippen LogP contribution in [-0.4, -0.2) is 13.4 Å². The van der Waals surface area contributed by atoms with Crippen LogP contribution in [-0.2, 0) is 4.79 Å². The molecule has 2 aromatic carbocycles. The average Bonchev–Trinajstić information content (AvgIpc) is 2.47. The molecule has 3 nitrogen and oxygen atoms in total. The van der Waals surface area contributed by atoms with Gasteiger partial charge in [0.15, 0.2) is 0 Å². The molecular weight excluding hydrogens is 356 g/mol. The number of benzene rings is 2. The molecule has 0 fully saturated rings. The molecule has 0 aromatic heterocycles. The molecule has 0 saturated heterocycles. The molecule has 2 aromatic rings. The number of hydrogen-bond donors (Lipinski definition) is 0. The van der Waals surface area contributed by atoms with Crippen molar-refractivity contribution in [3.8, 4) is 17.2 Å². The first kappa shape index (κ1) is 15.9. The van der Waals surface area contributed by atoms with Gasteiger partial charge in [0.2, 0.25) is 0 Å². The Balaban J connectivity index is 2.26. The van der Waals surface area contributed by atoms with Crippen LogP contribution in [0.3, 0.4) is 0 Å². The molecule has 2 rings (SSSR count). The lowest BCUT2D eigenvalue weighted by atomic mass is 10.1. The summed E-state index contributed by atoms with van der Waals surface area (Å²) < 4.78 is 10.9. The Labute approximate surface area is 137 Å². The van der Waals surface area contributed by atoms with E-state index in [9.17, 15) is 4.79 Å². The van der Waals surface area contributed by atoms with Crippen LogP contribution in [0, 0.1) is 6.92 Å². The maximum atomic E-state index is 10.9. The van der Waals surface area contributed by atoms with Crippen molar-refractivity contribution in [3.63, 3.8) is 0 Å². The number of alkyl halides is 1. The summed E-state index contributed by atoms with van der Waals surface area (Å²) >= 11 is 9.52. The van der Waals surface area contributed by atoms with E-state index in [-0.39, 0.29) is 0 Å². The van der Waals surface area contributed by atoms with Crippen molar-refractivity contribution in [3.05, 3.63) is 52.5 Å². The van der Waals surface area contributed by atoms with Gasteiger partial charge in [-0.05, 0) is 54.4 Å². The second-order valence-corrected chi connectivity index (χ2v) is 5.84. The zero-order valence-corrected chi connectivity index (χ0v) is 13.9. The highest BCUT2D eigenvalue weighted by Crippen LogP contribution is 2.35. The highest BCUT2D eigenvalue weighted by atomic mass is 79.9. The monoisotopic (exact) mass is 368 g/mol. The van der Waals surface area contributed by atoms with Crippen LogP contribution in [0.5, 0.6) is 17.2 Å². The van der Waals surface area contributed by atoms with E-state index in [0.717, 1.165) is 23.2 Å². The lowest BCUT2D eigenvalue weighted by Crippen LogP contribution is -1.97. The minimum Gasteiger partial charge on any atom is -0.497 e. The predicted molar refractivity (Wildman–Crippen MR) is 87.0 cm³/mol. The Kier molecular flexibility index (Phi) is 5.26. The third-order valence-electron chi connectivity index (χ3n) is 3.00. The number of carbonyl (C=O) groups is 1. The fraction of sp³-hybridized carbons (Fsp3) is 0.188. The first-order valence-corrected chi connectivity index (χ1v) is 7.56. The van der Waals surface area contributed by atoms with Gasteiger partial charge < -0.3 is 14.3 Å². The van der Waals surface area contributed by atoms with Gasteiger partial charge in [-0.25, -0.2) is 0 Å². The minimum atomic E-state index is -0.417. The van der Waals surface area contributed by atoms with Crippen LogP contribution in [0.15, 0.2) is 36.4 Å². The molecule has 1 unspecified atom stereocenters. The quantitative estimate of drug-likeness (QED) is 0.544. The number of aryl methyl sites for hydroxylation is 1. The van der Waals surface area contributed by atoms with Crippen molar-refractivity contribution in [1.29, 1.82) is 0 Å². The number of rotatable bonds is 5. The lowest BCUT2D eigenvalue weighted by Gasteiger charge is -2.13. The molecule has 0 aliphatic rings. The molecule has 1 atom stereocenters. The van der Waals surface area contributed by atoms with Crippen molar-refractivity contribution in [1.82, 2.24) is 0 Å². The number of carbonyl (C=O) groups excluding carboxylic acids is 1. The Hall–Kier alpha value is -1.52. The van der Waals surface area contributed by atoms with Crippen LogP contribution in [0.2, 0.25) is 5.02 Å². The van der Waals surface area contributed by atoms with E-state index in [1.54, 1.807) is 13.2 Å². The van der Waals surface area contributed by atoms with Gasteiger partial charge in [0.1, 0.15) is 23.5 Å². The smallest absolute Gasteiger partial charge is 0.138 e. The zero-order chi connectivity index (χ0) is 15.4. The largest absolute Gasteiger partial charge is 0.497 e. The number of ether oxygens (including phenoxy) is 2. The lowest BCUT2D eigenvalue weighted by molar-refractivity contribution is -0.107. The second-order valence-electron chi connectivity index (χ2n) is 4.45. The SMILES string of the molecule is COc1ccc(Oc2cc(C)c(C(Br)C=O)c(Cl)c2)cc1. The van der Waals surface area contributed by atoms with E-state index in [0.29, 0.717) is 16.5 Å². The van der Waals surface area contributed by atoms with Gasteiger partial charge >= 0.3 is 0 Å². The molecule has 0 heterocycles. The summed E-state index contributed by atoms with van der Waals surface area (Å²) in [5, 5.41) is 0.493. The third kappa shape index (κ3) is 3.77. The molecule has 0 aliphatic heterocycles. The Morgan fingerprint density at radius 3 is 2.29 bits per heavy atom. The molecule has 0 amide bonds. The highest BCUT2D eigenvalue weighted by Gasteiger charge is 2.15. The van der Waals surface area contributed by atoms with Crippen molar-refractivity contribution < 1.29 is 14.3 Å². The Bertz CT molecular complexity index is 617. The van der Waals surface area contributed by atoms with Crippen LogP contribution >= 0.6 is 27.5 Å². The van der Waals surface area contributed by atoms with E-state index in [1.807, 2.05) is 37.3 Å². The first-order valence-electron chi connectivity index (χ1n) is 6.26. The molecule has 21 heavy (non-hydrogen) atoms. The van der Waals surface area contributed by atoms with Gasteiger partial charge in [-0.1, -0.05) is 27.5 Å². The van der Waals surface area contributed by atoms with Crippen molar-refractivity contribution >= 4 is 33.8 Å². The summed E-state index contributed by atoms with van der Waals surface area (Å²) in [7, 11) is 1.61. The van der Waals surface area contributed by atoms with Gasteiger partial charge in [-0.15, -0.1) is 0 Å². The maximum absolute atomic E-state index is 10.9. The van der Waals surface area contributed by atoms with E-state index in [2.05, 4.69) is 15.9 Å². The zero-order valence-electron chi connectivity index (χ0n) is 11.6. The summed E-state index contributed by atoms with van der Waals surface area (Å²) in [6, 6.07) is 10.8. The molecule has 110 valence electrons. The molecule has 0 N–H and O–H groups in total. The van der Waals surface area contributed by atoms with Crippen LogP contribution in [0.4, 0.5) is 0 Å². The fourth-order valence-electron chi connectivity index (χ4n) is 1.98. The number of hydrogen-bond acceptors (Lipinski definition) is 3. The highest BCUT2D eigenvalue weighted by molar-refractivity contribution is 9.09. The topological polar surface area (TPSA) is 35.5 Å². The van der Waals surface area contributed by atoms with E-state index in [1.165, 1.54) is 0 Å². The van der Waals surface area contributed by atoms with Gasteiger partial charge in [0.25, 0.3) is 0 Å². The molecule has 5 heteroatoms. The standard InChI is InChI=1S/C16H14BrClO3/c1-10-7-13(8-15(18)16(10)14(17)9-19)21-12-5-3-11(20-2)4-6-12/h3-9,14H,1-2H3.